The van der Waals surface area contributed by atoms with Gasteiger partial charge in [-0.1, -0.05) is 19.1 Å². The van der Waals surface area contributed by atoms with Gasteiger partial charge in [-0.25, -0.2) is 0 Å². The number of rotatable bonds is 3. The molecule has 1 saturated heterocycles. The number of carboxylic acids is 1. The molecular weight excluding hydrogens is 230 g/mol. The van der Waals surface area contributed by atoms with E-state index >= 15 is 0 Å². The van der Waals surface area contributed by atoms with Gasteiger partial charge in [0.1, 0.15) is 0 Å². The number of amides is 1. The molecule has 0 radical (unpaired) electrons. The highest BCUT2D eigenvalue weighted by Crippen LogP contribution is 2.35. The fraction of sp³-hybridized carbons (Fsp3) is 0.714. The van der Waals surface area contributed by atoms with Crippen molar-refractivity contribution in [3.8, 4) is 0 Å². The number of nitrogens with zero attached hydrogens (tertiary/aromatic N) is 1. The molecule has 0 aromatic carbocycles. The van der Waals surface area contributed by atoms with Gasteiger partial charge in [0, 0.05) is 19.0 Å². The molecule has 0 bridgehead atoms. The van der Waals surface area contributed by atoms with Crippen molar-refractivity contribution in [1.29, 1.82) is 0 Å². The average Bonchev–Trinajstić information content (AvgIpc) is 2.84. The molecule has 0 aromatic rings. The Labute approximate surface area is 108 Å². The molecule has 1 N–H and O–H groups in total. The summed E-state index contributed by atoms with van der Waals surface area (Å²) in [5.74, 6) is -0.545. The van der Waals surface area contributed by atoms with Crippen LogP contribution in [0.25, 0.3) is 0 Å². The molecule has 2 unspecified atom stereocenters. The standard InChI is InChI=1S/C14H21NO3/c1-2-14(13(17)18)8-9-15(10-14)12(16)11-6-4-3-5-7-11/h3-4,11H,2,5-10H2,1H3,(H,17,18). The molecule has 1 aliphatic carbocycles. The van der Waals surface area contributed by atoms with Crippen molar-refractivity contribution >= 4 is 11.9 Å². The second-order valence-electron chi connectivity index (χ2n) is 5.43. The first-order chi connectivity index (χ1) is 8.59. The molecule has 0 spiro atoms. The van der Waals surface area contributed by atoms with E-state index in [1.807, 2.05) is 6.92 Å². The molecule has 1 amide bonds. The Morgan fingerprint density at radius 1 is 1.44 bits per heavy atom. The van der Waals surface area contributed by atoms with Gasteiger partial charge in [-0.3, -0.25) is 9.59 Å². The van der Waals surface area contributed by atoms with Crippen LogP contribution in [0.3, 0.4) is 0 Å². The Hall–Kier alpha value is -1.32. The van der Waals surface area contributed by atoms with Crippen LogP contribution in [0.15, 0.2) is 12.2 Å². The maximum absolute atomic E-state index is 12.3. The Bertz CT molecular complexity index is 377. The lowest BCUT2D eigenvalue weighted by molar-refractivity contribution is -0.149. The third-order valence-corrected chi connectivity index (χ3v) is 4.41. The molecule has 1 fully saturated rings. The smallest absolute Gasteiger partial charge is 0.311 e. The monoisotopic (exact) mass is 251 g/mol. The van der Waals surface area contributed by atoms with Gasteiger partial charge in [-0.05, 0) is 32.1 Å². The number of hydrogen-bond donors (Lipinski definition) is 1. The van der Waals surface area contributed by atoms with Gasteiger partial charge < -0.3 is 10.0 Å². The van der Waals surface area contributed by atoms with Crippen molar-refractivity contribution < 1.29 is 14.7 Å². The SMILES string of the molecule is CCC1(C(=O)O)CCN(C(=O)C2CC=CCC2)C1. The fourth-order valence-electron chi connectivity index (χ4n) is 2.95. The third-order valence-electron chi connectivity index (χ3n) is 4.41. The van der Waals surface area contributed by atoms with Crippen LogP contribution in [-0.4, -0.2) is 35.0 Å². The zero-order chi connectivity index (χ0) is 13.2. The summed E-state index contributed by atoms with van der Waals surface area (Å²) in [5, 5.41) is 9.32. The van der Waals surface area contributed by atoms with Crippen molar-refractivity contribution in [3.63, 3.8) is 0 Å². The molecule has 2 atom stereocenters. The molecule has 0 aromatic heterocycles. The average molecular weight is 251 g/mol. The van der Waals surface area contributed by atoms with E-state index in [9.17, 15) is 14.7 Å². The maximum Gasteiger partial charge on any atom is 0.311 e. The fourth-order valence-corrected chi connectivity index (χ4v) is 2.95. The van der Waals surface area contributed by atoms with Gasteiger partial charge in [-0.15, -0.1) is 0 Å². The van der Waals surface area contributed by atoms with Crippen LogP contribution in [0.4, 0.5) is 0 Å². The minimum atomic E-state index is -0.760. The molecule has 4 nitrogen and oxygen atoms in total. The molecule has 0 saturated carbocycles. The zero-order valence-electron chi connectivity index (χ0n) is 10.9. The summed E-state index contributed by atoms with van der Waals surface area (Å²) in [7, 11) is 0. The van der Waals surface area contributed by atoms with Crippen molar-refractivity contribution in [2.45, 2.75) is 39.0 Å². The van der Waals surface area contributed by atoms with Crippen molar-refractivity contribution in [3.05, 3.63) is 12.2 Å². The van der Waals surface area contributed by atoms with Crippen LogP contribution in [0.2, 0.25) is 0 Å². The Kier molecular flexibility index (Phi) is 3.73. The van der Waals surface area contributed by atoms with Crippen molar-refractivity contribution in [2.24, 2.45) is 11.3 Å². The summed E-state index contributed by atoms with van der Waals surface area (Å²) in [5.41, 5.74) is -0.708. The largest absolute Gasteiger partial charge is 0.481 e. The predicted molar refractivity (Wildman–Crippen MR) is 68.0 cm³/mol. The van der Waals surface area contributed by atoms with Gasteiger partial charge in [0.2, 0.25) is 5.91 Å². The number of hydrogen-bond acceptors (Lipinski definition) is 2. The highest BCUT2D eigenvalue weighted by Gasteiger charge is 2.45. The molecular formula is C14H21NO3. The van der Waals surface area contributed by atoms with Gasteiger partial charge in [0.05, 0.1) is 5.41 Å². The summed E-state index contributed by atoms with van der Waals surface area (Å²) in [6, 6.07) is 0. The highest BCUT2D eigenvalue weighted by molar-refractivity contribution is 5.82. The van der Waals surface area contributed by atoms with E-state index in [-0.39, 0.29) is 11.8 Å². The van der Waals surface area contributed by atoms with E-state index in [1.165, 1.54) is 0 Å². The van der Waals surface area contributed by atoms with Crippen LogP contribution in [0.5, 0.6) is 0 Å². The second kappa shape index (κ2) is 5.12. The quantitative estimate of drug-likeness (QED) is 0.781. The molecule has 1 aliphatic heterocycles. The number of carboxylic acid groups (broad SMARTS) is 1. The summed E-state index contributed by atoms with van der Waals surface area (Å²) in [6.45, 7) is 2.88. The zero-order valence-corrected chi connectivity index (χ0v) is 10.9. The summed E-state index contributed by atoms with van der Waals surface area (Å²) in [4.78, 5) is 25.4. The van der Waals surface area contributed by atoms with E-state index in [1.54, 1.807) is 4.90 Å². The lowest BCUT2D eigenvalue weighted by Gasteiger charge is -2.26. The molecule has 100 valence electrons. The highest BCUT2D eigenvalue weighted by atomic mass is 16.4. The van der Waals surface area contributed by atoms with E-state index in [2.05, 4.69) is 12.2 Å². The number of carbonyl (C=O) groups excluding carboxylic acids is 1. The number of carbonyl (C=O) groups is 2. The van der Waals surface area contributed by atoms with Crippen LogP contribution < -0.4 is 0 Å². The van der Waals surface area contributed by atoms with Gasteiger partial charge in [0.25, 0.3) is 0 Å². The number of aliphatic carboxylic acids is 1. The Morgan fingerprint density at radius 2 is 2.22 bits per heavy atom. The number of allylic oxidation sites excluding steroid dienone is 2. The molecule has 1 heterocycles. The lowest BCUT2D eigenvalue weighted by atomic mass is 9.84. The van der Waals surface area contributed by atoms with Crippen LogP contribution in [0, 0.1) is 11.3 Å². The minimum Gasteiger partial charge on any atom is -0.481 e. The Morgan fingerprint density at radius 3 is 2.72 bits per heavy atom. The van der Waals surface area contributed by atoms with Crippen LogP contribution in [-0.2, 0) is 9.59 Å². The molecule has 2 rings (SSSR count). The number of likely N-dealkylation sites (tertiary alicyclic amines) is 1. The predicted octanol–water partition coefficient (Wildman–Crippen LogP) is 2.06. The van der Waals surface area contributed by atoms with Gasteiger partial charge in [0.15, 0.2) is 0 Å². The first-order valence-corrected chi connectivity index (χ1v) is 6.76. The van der Waals surface area contributed by atoms with Crippen LogP contribution in [0.1, 0.15) is 39.0 Å². The van der Waals surface area contributed by atoms with Crippen LogP contribution >= 0.6 is 0 Å². The lowest BCUT2D eigenvalue weighted by Crippen LogP contribution is -2.39. The molecule has 4 heteroatoms. The molecule has 2 aliphatic rings. The topological polar surface area (TPSA) is 57.6 Å². The van der Waals surface area contributed by atoms with Crippen molar-refractivity contribution in [2.75, 3.05) is 13.1 Å². The van der Waals surface area contributed by atoms with E-state index in [4.69, 9.17) is 0 Å². The van der Waals surface area contributed by atoms with Gasteiger partial charge in [-0.2, -0.15) is 0 Å². The molecule has 18 heavy (non-hydrogen) atoms. The van der Waals surface area contributed by atoms with E-state index in [0.29, 0.717) is 25.9 Å². The first kappa shape index (κ1) is 13.1. The first-order valence-electron chi connectivity index (χ1n) is 6.76. The minimum absolute atomic E-state index is 0.0662. The summed E-state index contributed by atoms with van der Waals surface area (Å²) in [6.07, 6.45) is 8.03. The third kappa shape index (κ3) is 2.28. The van der Waals surface area contributed by atoms with E-state index in [0.717, 1.165) is 19.3 Å². The van der Waals surface area contributed by atoms with Gasteiger partial charge >= 0.3 is 5.97 Å². The Balaban J connectivity index is 2.01. The van der Waals surface area contributed by atoms with Crippen molar-refractivity contribution in [1.82, 2.24) is 4.90 Å². The summed E-state index contributed by atoms with van der Waals surface area (Å²) >= 11 is 0. The second-order valence-corrected chi connectivity index (χ2v) is 5.43. The normalized spacial score (nSPS) is 31.6. The van der Waals surface area contributed by atoms with E-state index < -0.39 is 11.4 Å². The maximum atomic E-state index is 12.3. The summed E-state index contributed by atoms with van der Waals surface area (Å²) < 4.78 is 0.